The molecule has 0 spiro atoms. The lowest BCUT2D eigenvalue weighted by atomic mass is 10.2. The number of nitrogens with zero attached hydrogens (tertiary/aromatic N) is 2. The minimum atomic E-state index is -0.961. The Bertz CT molecular complexity index is 410. The summed E-state index contributed by atoms with van der Waals surface area (Å²) in [5, 5.41) is 13.1. The van der Waals surface area contributed by atoms with Gasteiger partial charge in [-0.15, -0.1) is 11.3 Å². The summed E-state index contributed by atoms with van der Waals surface area (Å²) in [6.07, 6.45) is -0.679. The Morgan fingerprint density at radius 3 is 2.89 bits per heavy atom. The maximum absolute atomic E-state index is 11.8. The Hall–Kier alpha value is -1.67. The van der Waals surface area contributed by atoms with Crippen LogP contribution in [0.1, 0.15) is 12.1 Å². The van der Waals surface area contributed by atoms with E-state index in [-0.39, 0.29) is 19.0 Å². The van der Waals surface area contributed by atoms with E-state index in [1.807, 2.05) is 5.38 Å². The third-order valence-corrected chi connectivity index (χ3v) is 3.08. The van der Waals surface area contributed by atoms with E-state index in [1.165, 1.54) is 23.3 Å². The van der Waals surface area contributed by atoms with E-state index in [4.69, 9.17) is 9.84 Å². The van der Waals surface area contributed by atoms with Crippen molar-refractivity contribution in [1.29, 1.82) is 0 Å². The maximum Gasteiger partial charge on any atom is 0.317 e. The molecule has 106 valence electrons. The van der Waals surface area contributed by atoms with Crippen molar-refractivity contribution in [2.24, 2.45) is 0 Å². The first kappa shape index (κ1) is 15.4. The van der Waals surface area contributed by atoms with Gasteiger partial charge in [-0.3, -0.25) is 4.79 Å². The molecule has 0 saturated heterocycles. The Balaban J connectivity index is 2.35. The fourth-order valence-corrected chi connectivity index (χ4v) is 1.95. The summed E-state index contributed by atoms with van der Waals surface area (Å²) in [6.45, 7) is 0.564. The Morgan fingerprint density at radius 1 is 1.63 bits per heavy atom. The van der Waals surface area contributed by atoms with Gasteiger partial charge in [0.2, 0.25) is 0 Å². The summed E-state index contributed by atoms with van der Waals surface area (Å²) in [7, 11) is 3.06. The number of amides is 2. The number of nitrogens with one attached hydrogen (secondary N) is 1. The molecule has 1 aromatic heterocycles. The first-order chi connectivity index (χ1) is 9.02. The highest BCUT2D eigenvalue weighted by Gasteiger charge is 2.15. The zero-order valence-corrected chi connectivity index (χ0v) is 11.6. The highest BCUT2D eigenvalue weighted by atomic mass is 32.1. The minimum absolute atomic E-state index is 0.146. The predicted molar refractivity (Wildman–Crippen MR) is 70.0 cm³/mol. The van der Waals surface area contributed by atoms with Crippen molar-refractivity contribution >= 4 is 23.3 Å². The van der Waals surface area contributed by atoms with Crippen LogP contribution in [0.4, 0.5) is 4.79 Å². The molecule has 7 nitrogen and oxygen atoms in total. The second-order valence-corrected chi connectivity index (χ2v) is 4.70. The van der Waals surface area contributed by atoms with E-state index in [2.05, 4.69) is 10.3 Å². The number of rotatable bonds is 7. The van der Waals surface area contributed by atoms with Crippen LogP contribution in [0.15, 0.2) is 10.9 Å². The van der Waals surface area contributed by atoms with Crippen molar-refractivity contribution in [3.63, 3.8) is 0 Å². The topological polar surface area (TPSA) is 91.8 Å². The lowest BCUT2D eigenvalue weighted by molar-refractivity contribution is -0.139. The number of hydrogen-bond donors (Lipinski definition) is 2. The number of aromatic nitrogens is 1. The van der Waals surface area contributed by atoms with Gasteiger partial charge in [-0.25, -0.2) is 9.78 Å². The molecule has 2 N–H and O–H groups in total. The number of ether oxygens (including phenoxy) is 1. The molecule has 0 saturated carbocycles. The standard InChI is InChI=1S/C11H17N3O4S/c1-14(5-8-6-19-7-13-8)11(17)12-4-9(18-2)3-10(15)16/h6-7,9H,3-5H2,1-2H3,(H,12,17)(H,15,16). The quantitative estimate of drug-likeness (QED) is 0.773. The minimum Gasteiger partial charge on any atom is -0.481 e. The van der Waals surface area contributed by atoms with Gasteiger partial charge in [0.05, 0.1) is 30.3 Å². The molecule has 0 radical (unpaired) electrons. The van der Waals surface area contributed by atoms with Gasteiger partial charge >= 0.3 is 12.0 Å². The number of urea groups is 1. The van der Waals surface area contributed by atoms with Gasteiger partial charge in [0.1, 0.15) is 0 Å². The monoisotopic (exact) mass is 287 g/mol. The summed E-state index contributed by atoms with van der Waals surface area (Å²) in [4.78, 5) is 27.9. The van der Waals surface area contributed by atoms with Crippen molar-refractivity contribution in [1.82, 2.24) is 15.2 Å². The van der Waals surface area contributed by atoms with E-state index in [9.17, 15) is 9.59 Å². The molecule has 19 heavy (non-hydrogen) atoms. The van der Waals surface area contributed by atoms with E-state index in [0.717, 1.165) is 5.69 Å². The Morgan fingerprint density at radius 2 is 2.37 bits per heavy atom. The summed E-state index contributed by atoms with van der Waals surface area (Å²) in [5.74, 6) is -0.961. The first-order valence-corrected chi connectivity index (χ1v) is 6.57. The van der Waals surface area contributed by atoms with Crippen LogP contribution in [0.3, 0.4) is 0 Å². The highest BCUT2D eigenvalue weighted by Crippen LogP contribution is 2.04. The normalized spacial score (nSPS) is 11.9. The van der Waals surface area contributed by atoms with Gasteiger partial charge in [-0.2, -0.15) is 0 Å². The summed E-state index contributed by atoms with van der Waals surface area (Å²) in [5.41, 5.74) is 2.52. The van der Waals surface area contributed by atoms with Crippen LogP contribution in [-0.2, 0) is 16.1 Å². The SMILES string of the molecule is COC(CNC(=O)N(C)Cc1cscn1)CC(=O)O. The highest BCUT2D eigenvalue weighted by molar-refractivity contribution is 7.07. The predicted octanol–water partition coefficient (Wildman–Crippen LogP) is 0.774. The van der Waals surface area contributed by atoms with E-state index < -0.39 is 12.1 Å². The summed E-state index contributed by atoms with van der Waals surface area (Å²) < 4.78 is 4.97. The second-order valence-electron chi connectivity index (χ2n) is 3.98. The number of carbonyl (C=O) groups is 2. The van der Waals surface area contributed by atoms with E-state index in [0.29, 0.717) is 6.54 Å². The molecule has 1 aromatic rings. The van der Waals surface area contributed by atoms with Crippen molar-refractivity contribution in [3.8, 4) is 0 Å². The van der Waals surface area contributed by atoms with Gasteiger partial charge in [-0.05, 0) is 0 Å². The van der Waals surface area contributed by atoms with Gasteiger partial charge in [-0.1, -0.05) is 0 Å². The Kier molecular flexibility index (Phi) is 6.23. The van der Waals surface area contributed by atoms with E-state index >= 15 is 0 Å². The number of hydrogen-bond acceptors (Lipinski definition) is 5. The molecular formula is C11H17N3O4S. The van der Waals surface area contributed by atoms with E-state index in [1.54, 1.807) is 12.6 Å². The molecule has 0 aliphatic carbocycles. The van der Waals surface area contributed by atoms with Gasteiger partial charge in [0, 0.05) is 26.1 Å². The zero-order chi connectivity index (χ0) is 14.3. The third kappa shape index (κ3) is 5.66. The molecule has 0 aromatic carbocycles. The van der Waals surface area contributed by atoms with Crippen LogP contribution < -0.4 is 5.32 Å². The fraction of sp³-hybridized carbons (Fsp3) is 0.545. The van der Waals surface area contributed by atoms with Crippen LogP contribution in [0, 0.1) is 0 Å². The molecule has 0 bridgehead atoms. The lowest BCUT2D eigenvalue weighted by Gasteiger charge is -2.19. The molecule has 1 heterocycles. The number of methoxy groups -OCH3 is 1. The molecule has 2 amide bonds. The van der Waals surface area contributed by atoms with Gasteiger partial charge in [0.15, 0.2) is 0 Å². The largest absolute Gasteiger partial charge is 0.481 e. The smallest absolute Gasteiger partial charge is 0.317 e. The molecule has 1 atom stereocenters. The van der Waals surface area contributed by atoms with Crippen LogP contribution >= 0.6 is 11.3 Å². The van der Waals surface area contributed by atoms with Crippen molar-refractivity contribution < 1.29 is 19.4 Å². The zero-order valence-electron chi connectivity index (χ0n) is 10.8. The fourth-order valence-electron chi connectivity index (χ4n) is 1.40. The second kappa shape index (κ2) is 7.70. The van der Waals surface area contributed by atoms with Crippen molar-refractivity contribution in [2.45, 2.75) is 19.1 Å². The average Bonchev–Trinajstić information content (AvgIpc) is 2.86. The summed E-state index contributed by atoms with van der Waals surface area (Å²) >= 11 is 1.47. The van der Waals surface area contributed by atoms with Crippen molar-refractivity contribution in [2.75, 3.05) is 20.7 Å². The van der Waals surface area contributed by atoms with Crippen LogP contribution in [0.2, 0.25) is 0 Å². The molecule has 1 unspecified atom stereocenters. The number of thiazole rings is 1. The third-order valence-electron chi connectivity index (χ3n) is 2.45. The summed E-state index contributed by atoms with van der Waals surface area (Å²) in [6, 6.07) is -0.291. The number of carboxylic acids is 1. The van der Waals surface area contributed by atoms with Crippen LogP contribution in [0.5, 0.6) is 0 Å². The first-order valence-electron chi connectivity index (χ1n) is 5.63. The molecule has 0 aliphatic rings. The Labute approximate surface area is 115 Å². The van der Waals surface area contributed by atoms with Crippen molar-refractivity contribution in [3.05, 3.63) is 16.6 Å². The van der Waals surface area contributed by atoms with Crippen LogP contribution in [-0.4, -0.2) is 53.8 Å². The number of carbonyl (C=O) groups excluding carboxylic acids is 1. The average molecular weight is 287 g/mol. The maximum atomic E-state index is 11.8. The van der Waals surface area contributed by atoms with Gasteiger partial charge < -0.3 is 20.1 Å². The molecular weight excluding hydrogens is 270 g/mol. The van der Waals surface area contributed by atoms with Crippen LogP contribution in [0.25, 0.3) is 0 Å². The number of aliphatic carboxylic acids is 1. The molecule has 0 fully saturated rings. The van der Waals surface area contributed by atoms with Gasteiger partial charge in [0.25, 0.3) is 0 Å². The molecule has 0 aliphatic heterocycles. The molecule has 8 heteroatoms. The number of carboxylic acid groups (broad SMARTS) is 1. The molecule has 1 rings (SSSR count). The lowest BCUT2D eigenvalue weighted by Crippen LogP contribution is -2.41.